The van der Waals surface area contributed by atoms with E-state index in [0.717, 1.165) is 13.0 Å². The molecule has 1 aromatic rings. The van der Waals surface area contributed by atoms with Crippen LogP contribution in [0.25, 0.3) is 0 Å². The topological polar surface area (TPSA) is 78.4 Å². The van der Waals surface area contributed by atoms with E-state index in [9.17, 15) is 9.59 Å². The van der Waals surface area contributed by atoms with E-state index in [1.807, 2.05) is 0 Å². The van der Waals surface area contributed by atoms with Gasteiger partial charge in [-0.1, -0.05) is 19.8 Å². The third-order valence-electron chi connectivity index (χ3n) is 4.16. The molecule has 2 heterocycles. The van der Waals surface area contributed by atoms with Gasteiger partial charge in [0.05, 0.1) is 0 Å². The first-order chi connectivity index (χ1) is 11.5. The minimum absolute atomic E-state index is 0.0542. The first-order valence-corrected chi connectivity index (χ1v) is 8.65. The number of amides is 2. The highest BCUT2D eigenvalue weighted by Gasteiger charge is 2.24. The Morgan fingerprint density at radius 3 is 2.42 bits per heavy atom. The second-order valence-corrected chi connectivity index (χ2v) is 6.12. The van der Waals surface area contributed by atoms with Crippen molar-refractivity contribution in [1.29, 1.82) is 0 Å². The van der Waals surface area contributed by atoms with E-state index in [2.05, 4.69) is 22.2 Å². The quantitative estimate of drug-likeness (QED) is 0.802. The lowest BCUT2D eigenvalue weighted by atomic mass is 10.2. The van der Waals surface area contributed by atoms with Crippen LogP contribution in [0.5, 0.6) is 0 Å². The lowest BCUT2D eigenvalue weighted by Crippen LogP contribution is -2.50. The molecule has 132 valence electrons. The van der Waals surface area contributed by atoms with Crippen molar-refractivity contribution >= 4 is 17.6 Å². The second kappa shape index (κ2) is 8.61. The van der Waals surface area contributed by atoms with Gasteiger partial charge in [-0.2, -0.15) is 0 Å². The predicted octanol–water partition coefficient (Wildman–Crippen LogP) is 1.69. The lowest BCUT2D eigenvalue weighted by molar-refractivity contribution is -0.130. The Bertz CT molecular complexity index is 582. The Labute approximate surface area is 143 Å². The van der Waals surface area contributed by atoms with Crippen LogP contribution in [-0.4, -0.2) is 64.3 Å². The van der Waals surface area contributed by atoms with Gasteiger partial charge >= 0.3 is 0 Å². The largest absolute Gasteiger partial charge is 0.370 e. The average molecular weight is 333 g/mol. The molecule has 0 bridgehead atoms. The first-order valence-electron chi connectivity index (χ1n) is 8.65. The number of hydrogen-bond acceptors (Lipinski definition) is 5. The van der Waals surface area contributed by atoms with Crippen molar-refractivity contribution in [3.63, 3.8) is 0 Å². The van der Waals surface area contributed by atoms with E-state index in [-0.39, 0.29) is 11.8 Å². The monoisotopic (exact) mass is 333 g/mol. The minimum Gasteiger partial charge on any atom is -0.370 e. The Hall–Kier alpha value is -2.18. The molecule has 2 rings (SSSR count). The third kappa shape index (κ3) is 4.91. The third-order valence-corrected chi connectivity index (χ3v) is 4.16. The average Bonchev–Trinajstić information content (AvgIpc) is 2.57. The molecule has 0 unspecified atom stereocenters. The first kappa shape index (κ1) is 18.2. The number of carbonyl (C=O) groups excluding carboxylic acids is 2. The molecule has 0 aliphatic carbocycles. The zero-order valence-electron chi connectivity index (χ0n) is 14.8. The number of carbonyl (C=O) groups is 2. The van der Waals surface area contributed by atoms with Crippen molar-refractivity contribution in [3.05, 3.63) is 17.6 Å². The summed E-state index contributed by atoms with van der Waals surface area (Å²) in [4.78, 5) is 36.2. The number of piperazine rings is 1. The van der Waals surface area contributed by atoms with E-state index in [1.165, 1.54) is 12.8 Å². The fourth-order valence-corrected chi connectivity index (χ4v) is 2.75. The van der Waals surface area contributed by atoms with Crippen LogP contribution >= 0.6 is 0 Å². The highest BCUT2D eigenvalue weighted by atomic mass is 16.2. The Kier molecular flexibility index (Phi) is 6.52. The SMILES string of the molecule is CCCCCNc1cc(C(=O)N2CCN(C(C)=O)CC2)nc(C)n1. The van der Waals surface area contributed by atoms with Gasteiger partial charge in [0.25, 0.3) is 5.91 Å². The molecule has 0 radical (unpaired) electrons. The molecule has 1 N–H and O–H groups in total. The Morgan fingerprint density at radius 2 is 1.79 bits per heavy atom. The van der Waals surface area contributed by atoms with Crippen molar-refractivity contribution in [2.45, 2.75) is 40.0 Å². The number of unbranched alkanes of at least 4 members (excludes halogenated alkanes) is 2. The number of aromatic nitrogens is 2. The van der Waals surface area contributed by atoms with Crippen LogP contribution in [-0.2, 0) is 4.79 Å². The highest BCUT2D eigenvalue weighted by Crippen LogP contribution is 2.12. The molecule has 7 nitrogen and oxygen atoms in total. The van der Waals surface area contributed by atoms with Crippen LogP contribution in [0.4, 0.5) is 5.82 Å². The molecule has 2 amide bonds. The van der Waals surface area contributed by atoms with Crippen molar-refractivity contribution < 1.29 is 9.59 Å². The van der Waals surface area contributed by atoms with Gasteiger partial charge in [-0.25, -0.2) is 9.97 Å². The van der Waals surface area contributed by atoms with Crippen LogP contribution in [0.2, 0.25) is 0 Å². The molecule has 1 aliphatic rings. The van der Waals surface area contributed by atoms with Gasteiger partial charge in [0.1, 0.15) is 17.3 Å². The number of nitrogens with zero attached hydrogens (tertiary/aromatic N) is 4. The van der Waals surface area contributed by atoms with E-state index in [0.29, 0.717) is 43.5 Å². The fraction of sp³-hybridized carbons (Fsp3) is 0.647. The highest BCUT2D eigenvalue weighted by molar-refractivity contribution is 5.93. The normalized spacial score (nSPS) is 14.6. The molecule has 1 aromatic heterocycles. The molecule has 0 atom stereocenters. The molecule has 1 fully saturated rings. The molecule has 0 aromatic carbocycles. The number of anilines is 1. The van der Waals surface area contributed by atoms with E-state index in [1.54, 1.807) is 29.7 Å². The van der Waals surface area contributed by atoms with Crippen LogP contribution < -0.4 is 5.32 Å². The number of rotatable bonds is 6. The minimum atomic E-state index is -0.0969. The molecule has 24 heavy (non-hydrogen) atoms. The van der Waals surface area contributed by atoms with Gasteiger partial charge in [0, 0.05) is 45.7 Å². The number of aryl methyl sites for hydroxylation is 1. The summed E-state index contributed by atoms with van der Waals surface area (Å²) in [6.07, 6.45) is 3.42. The van der Waals surface area contributed by atoms with Crippen molar-refractivity contribution in [2.75, 3.05) is 38.0 Å². The van der Waals surface area contributed by atoms with Gasteiger partial charge in [-0.05, 0) is 13.3 Å². The number of nitrogens with one attached hydrogen (secondary N) is 1. The van der Waals surface area contributed by atoms with Gasteiger partial charge in [-0.3, -0.25) is 9.59 Å². The van der Waals surface area contributed by atoms with Crippen LogP contribution in [0.1, 0.15) is 49.4 Å². The molecule has 1 saturated heterocycles. The maximum atomic E-state index is 12.7. The summed E-state index contributed by atoms with van der Waals surface area (Å²) in [6.45, 7) is 8.60. The van der Waals surface area contributed by atoms with Crippen molar-refractivity contribution in [2.24, 2.45) is 0 Å². The molecule has 0 spiro atoms. The summed E-state index contributed by atoms with van der Waals surface area (Å²) in [6, 6.07) is 1.72. The smallest absolute Gasteiger partial charge is 0.272 e. The lowest BCUT2D eigenvalue weighted by Gasteiger charge is -2.34. The summed E-state index contributed by atoms with van der Waals surface area (Å²) in [7, 11) is 0. The molecular weight excluding hydrogens is 306 g/mol. The van der Waals surface area contributed by atoms with Crippen LogP contribution in [0.15, 0.2) is 6.07 Å². The summed E-state index contributed by atoms with van der Waals surface area (Å²) in [5, 5.41) is 3.27. The van der Waals surface area contributed by atoms with E-state index < -0.39 is 0 Å². The van der Waals surface area contributed by atoms with Gasteiger partial charge in [-0.15, -0.1) is 0 Å². The van der Waals surface area contributed by atoms with Crippen molar-refractivity contribution in [3.8, 4) is 0 Å². The summed E-state index contributed by atoms with van der Waals surface area (Å²) in [5.41, 5.74) is 0.414. The maximum Gasteiger partial charge on any atom is 0.272 e. The maximum absolute atomic E-state index is 12.7. The van der Waals surface area contributed by atoms with E-state index >= 15 is 0 Å². The predicted molar refractivity (Wildman–Crippen MR) is 92.9 cm³/mol. The fourth-order valence-electron chi connectivity index (χ4n) is 2.75. The zero-order valence-corrected chi connectivity index (χ0v) is 14.8. The second-order valence-electron chi connectivity index (χ2n) is 6.12. The molecule has 7 heteroatoms. The molecule has 1 aliphatic heterocycles. The van der Waals surface area contributed by atoms with Crippen LogP contribution in [0, 0.1) is 6.92 Å². The standard InChI is InChI=1S/C17H27N5O2/c1-4-5-6-7-18-16-12-15(19-13(2)20-16)17(24)22-10-8-21(9-11-22)14(3)23/h12H,4-11H2,1-3H3,(H,18,19,20). The summed E-state index contributed by atoms with van der Waals surface area (Å²) < 4.78 is 0. The van der Waals surface area contributed by atoms with Crippen LogP contribution in [0.3, 0.4) is 0 Å². The van der Waals surface area contributed by atoms with Gasteiger partial charge in [0.2, 0.25) is 5.91 Å². The Morgan fingerprint density at radius 1 is 1.12 bits per heavy atom. The van der Waals surface area contributed by atoms with Gasteiger partial charge < -0.3 is 15.1 Å². The Balaban J connectivity index is 1.99. The van der Waals surface area contributed by atoms with Gasteiger partial charge in [0.15, 0.2) is 0 Å². The van der Waals surface area contributed by atoms with Crippen molar-refractivity contribution in [1.82, 2.24) is 19.8 Å². The summed E-state index contributed by atoms with van der Waals surface area (Å²) in [5.74, 6) is 1.24. The zero-order chi connectivity index (χ0) is 17.5. The summed E-state index contributed by atoms with van der Waals surface area (Å²) >= 11 is 0. The molecule has 0 saturated carbocycles. The van der Waals surface area contributed by atoms with E-state index in [4.69, 9.17) is 0 Å². The molecular formula is C17H27N5O2. The number of hydrogen-bond donors (Lipinski definition) is 1.